The third kappa shape index (κ3) is 4.57. The highest BCUT2D eigenvalue weighted by Gasteiger charge is 2.42. The number of hydrogen-bond acceptors (Lipinski definition) is 3. The summed E-state index contributed by atoms with van der Waals surface area (Å²) in [5.41, 5.74) is 0.369. The summed E-state index contributed by atoms with van der Waals surface area (Å²) in [5.74, 6) is -2.01. The fourth-order valence-corrected chi connectivity index (χ4v) is 4.14. The van der Waals surface area contributed by atoms with Crippen molar-refractivity contribution in [3.8, 4) is 0 Å². The molecule has 1 heterocycles. The van der Waals surface area contributed by atoms with Gasteiger partial charge in [0, 0.05) is 6.04 Å². The highest BCUT2D eigenvalue weighted by atomic mass is 19.1. The Morgan fingerprint density at radius 2 is 1.26 bits per heavy atom. The molecule has 0 saturated heterocycles. The second kappa shape index (κ2) is 9.16. The molecule has 0 unspecified atom stereocenters. The summed E-state index contributed by atoms with van der Waals surface area (Å²) in [7, 11) is 0. The second-order valence-corrected chi connectivity index (χ2v) is 7.62. The molecule has 1 fully saturated rings. The number of nitrogens with zero attached hydrogens (tertiary/aromatic N) is 1. The molecule has 5 heteroatoms. The van der Waals surface area contributed by atoms with Gasteiger partial charge in [0.05, 0.1) is 5.57 Å². The predicted octanol–water partition coefficient (Wildman–Crippen LogP) is 5.14. The number of rotatable bonds is 2. The summed E-state index contributed by atoms with van der Waals surface area (Å²) in [6.45, 7) is 0. The van der Waals surface area contributed by atoms with Gasteiger partial charge in [-0.3, -0.25) is 14.5 Å². The van der Waals surface area contributed by atoms with Crippen LogP contribution in [0.1, 0.15) is 76.2 Å². The summed E-state index contributed by atoms with van der Waals surface area (Å²) < 4.78 is 13.2. The van der Waals surface area contributed by atoms with Gasteiger partial charge in [0.1, 0.15) is 5.82 Å². The third-order valence-electron chi connectivity index (χ3n) is 5.66. The summed E-state index contributed by atoms with van der Waals surface area (Å²) in [6.07, 6.45) is 11.9. The second-order valence-electron chi connectivity index (χ2n) is 7.62. The van der Waals surface area contributed by atoms with Crippen LogP contribution in [0.2, 0.25) is 0 Å². The van der Waals surface area contributed by atoms with Crippen LogP contribution in [0.15, 0.2) is 30.0 Å². The Labute approximate surface area is 160 Å². The largest absolute Gasteiger partial charge is 0.502 e. The Kier molecular flexibility index (Phi) is 6.64. The van der Waals surface area contributed by atoms with Gasteiger partial charge in [-0.1, -0.05) is 69.9 Å². The number of halogens is 1. The fraction of sp³-hybridized carbons (Fsp3) is 0.545. The number of carbonyl (C=O) groups excluding carboxylic acids is 2. The molecular weight excluding hydrogens is 345 g/mol. The zero-order chi connectivity index (χ0) is 19.2. The first-order valence-electron chi connectivity index (χ1n) is 10.2. The SMILES string of the molecule is O=C1C(O)=C(c2ccc(F)cc2)C(=O)N1C1CCCCCCCCCCC1. The highest BCUT2D eigenvalue weighted by molar-refractivity contribution is 6.35. The Morgan fingerprint density at radius 3 is 1.78 bits per heavy atom. The quantitative estimate of drug-likeness (QED) is 0.731. The van der Waals surface area contributed by atoms with Crippen LogP contribution in [0.4, 0.5) is 4.39 Å². The van der Waals surface area contributed by atoms with Crippen molar-refractivity contribution in [1.82, 2.24) is 4.90 Å². The van der Waals surface area contributed by atoms with Crippen LogP contribution in [-0.4, -0.2) is 27.9 Å². The average molecular weight is 373 g/mol. The number of hydrogen-bond donors (Lipinski definition) is 1. The van der Waals surface area contributed by atoms with Crippen LogP contribution in [-0.2, 0) is 9.59 Å². The van der Waals surface area contributed by atoms with Crippen LogP contribution in [0.5, 0.6) is 0 Å². The van der Waals surface area contributed by atoms with E-state index >= 15 is 0 Å². The minimum Gasteiger partial charge on any atom is -0.502 e. The van der Waals surface area contributed by atoms with Gasteiger partial charge < -0.3 is 5.11 Å². The molecule has 0 spiro atoms. The monoisotopic (exact) mass is 373 g/mol. The lowest BCUT2D eigenvalue weighted by molar-refractivity contribution is -0.141. The molecule has 4 nitrogen and oxygen atoms in total. The number of aliphatic hydroxyl groups excluding tert-OH is 1. The van der Waals surface area contributed by atoms with Crippen molar-refractivity contribution in [3.63, 3.8) is 0 Å². The number of amides is 2. The molecule has 1 saturated carbocycles. The van der Waals surface area contributed by atoms with Gasteiger partial charge in [0.2, 0.25) is 0 Å². The number of aliphatic hydroxyl groups is 1. The number of carbonyl (C=O) groups is 2. The molecule has 3 rings (SSSR count). The first kappa shape index (κ1) is 19.6. The van der Waals surface area contributed by atoms with Gasteiger partial charge in [-0.05, 0) is 30.5 Å². The summed E-state index contributed by atoms with van der Waals surface area (Å²) in [4.78, 5) is 26.9. The molecule has 0 aromatic heterocycles. The maximum atomic E-state index is 13.2. The molecule has 2 amide bonds. The van der Waals surface area contributed by atoms with E-state index in [0.29, 0.717) is 5.56 Å². The molecule has 2 aliphatic rings. The molecule has 0 radical (unpaired) electrons. The van der Waals surface area contributed by atoms with Gasteiger partial charge in [-0.15, -0.1) is 0 Å². The molecule has 1 aliphatic carbocycles. The average Bonchev–Trinajstić information content (AvgIpc) is 2.86. The van der Waals surface area contributed by atoms with Crippen molar-refractivity contribution < 1.29 is 19.1 Å². The van der Waals surface area contributed by atoms with Crippen molar-refractivity contribution in [2.45, 2.75) is 76.7 Å². The van der Waals surface area contributed by atoms with Crippen molar-refractivity contribution in [3.05, 3.63) is 41.4 Å². The van der Waals surface area contributed by atoms with Crippen LogP contribution >= 0.6 is 0 Å². The molecule has 0 atom stereocenters. The lowest BCUT2D eigenvalue weighted by Crippen LogP contribution is -2.41. The van der Waals surface area contributed by atoms with Crippen molar-refractivity contribution in [2.75, 3.05) is 0 Å². The molecule has 27 heavy (non-hydrogen) atoms. The molecule has 0 bridgehead atoms. The van der Waals surface area contributed by atoms with Gasteiger partial charge in [0.25, 0.3) is 11.8 Å². The first-order chi connectivity index (χ1) is 13.1. The molecule has 1 aromatic carbocycles. The Morgan fingerprint density at radius 1 is 0.778 bits per heavy atom. The van der Waals surface area contributed by atoms with Crippen LogP contribution in [0.25, 0.3) is 5.57 Å². The fourth-order valence-electron chi connectivity index (χ4n) is 4.14. The van der Waals surface area contributed by atoms with E-state index in [0.717, 1.165) is 38.5 Å². The Balaban J connectivity index is 1.77. The topological polar surface area (TPSA) is 57.6 Å². The van der Waals surface area contributed by atoms with Crippen LogP contribution < -0.4 is 0 Å². The Hall–Kier alpha value is -2.17. The zero-order valence-corrected chi connectivity index (χ0v) is 15.8. The molecule has 1 aromatic rings. The molecule has 1 N–H and O–H groups in total. The molecular formula is C22H28FNO3. The van der Waals surface area contributed by atoms with E-state index in [-0.39, 0.29) is 11.6 Å². The van der Waals surface area contributed by atoms with Crippen molar-refractivity contribution >= 4 is 17.4 Å². The van der Waals surface area contributed by atoms with Crippen molar-refractivity contribution in [2.24, 2.45) is 0 Å². The summed E-state index contributed by atoms with van der Waals surface area (Å²) in [5, 5.41) is 10.3. The van der Waals surface area contributed by atoms with E-state index in [1.807, 2.05) is 0 Å². The maximum Gasteiger partial charge on any atom is 0.296 e. The van der Waals surface area contributed by atoms with E-state index in [9.17, 15) is 19.1 Å². The zero-order valence-electron chi connectivity index (χ0n) is 15.8. The van der Waals surface area contributed by atoms with E-state index in [4.69, 9.17) is 0 Å². The lowest BCUT2D eigenvalue weighted by Gasteiger charge is -2.27. The molecule has 1 aliphatic heterocycles. The normalized spacial score (nSPS) is 21.3. The first-order valence-corrected chi connectivity index (χ1v) is 10.2. The molecule has 146 valence electrons. The van der Waals surface area contributed by atoms with Crippen LogP contribution in [0.3, 0.4) is 0 Å². The predicted molar refractivity (Wildman–Crippen MR) is 102 cm³/mol. The Bertz CT molecular complexity index is 699. The smallest absolute Gasteiger partial charge is 0.296 e. The van der Waals surface area contributed by atoms with E-state index in [1.54, 1.807) is 0 Å². The summed E-state index contributed by atoms with van der Waals surface area (Å²) >= 11 is 0. The standard InChI is InChI=1S/C22H28FNO3/c23-17-14-12-16(13-15-17)19-20(25)22(27)24(21(19)26)18-10-8-6-4-2-1-3-5-7-9-11-18/h12-15,18,25H,1-11H2. The van der Waals surface area contributed by atoms with Gasteiger partial charge in [-0.25, -0.2) is 4.39 Å². The minimum absolute atomic E-state index is 0.00823. The van der Waals surface area contributed by atoms with E-state index in [2.05, 4.69) is 0 Å². The van der Waals surface area contributed by atoms with Gasteiger partial charge >= 0.3 is 0 Å². The summed E-state index contributed by atoms with van der Waals surface area (Å²) in [6, 6.07) is 5.13. The minimum atomic E-state index is -0.614. The van der Waals surface area contributed by atoms with Gasteiger partial charge in [-0.2, -0.15) is 0 Å². The van der Waals surface area contributed by atoms with Crippen LogP contribution in [0, 0.1) is 5.82 Å². The van der Waals surface area contributed by atoms with Crippen molar-refractivity contribution in [1.29, 1.82) is 0 Å². The van der Waals surface area contributed by atoms with E-state index < -0.39 is 23.4 Å². The maximum absolute atomic E-state index is 13.2. The lowest BCUT2D eigenvalue weighted by atomic mass is 9.96. The third-order valence-corrected chi connectivity index (χ3v) is 5.66. The van der Waals surface area contributed by atoms with E-state index in [1.165, 1.54) is 61.3 Å². The number of imide groups is 1. The highest BCUT2D eigenvalue weighted by Crippen LogP contribution is 2.32. The number of benzene rings is 1. The van der Waals surface area contributed by atoms with Gasteiger partial charge in [0.15, 0.2) is 5.76 Å².